The van der Waals surface area contributed by atoms with Gasteiger partial charge in [-0.2, -0.15) is 5.10 Å². The van der Waals surface area contributed by atoms with E-state index < -0.39 is 0 Å². The largest absolute Gasteiger partial charge is 0.369 e. The van der Waals surface area contributed by atoms with Crippen molar-refractivity contribution < 1.29 is 0 Å². The van der Waals surface area contributed by atoms with Gasteiger partial charge in [0, 0.05) is 42.9 Å². The minimum absolute atomic E-state index is 0.888. The fraction of sp³-hybridized carbons (Fsp3) is 0.263. The summed E-state index contributed by atoms with van der Waals surface area (Å²) in [5, 5.41) is 4.50. The number of anilines is 1. The second-order valence-electron chi connectivity index (χ2n) is 5.89. The minimum Gasteiger partial charge on any atom is -0.369 e. The maximum atomic E-state index is 4.50. The van der Waals surface area contributed by atoms with E-state index >= 15 is 0 Å². The summed E-state index contributed by atoms with van der Waals surface area (Å²) in [7, 11) is 0. The van der Waals surface area contributed by atoms with E-state index in [9.17, 15) is 0 Å². The molecular formula is C19H20N4. The van der Waals surface area contributed by atoms with Gasteiger partial charge in [-0.1, -0.05) is 18.2 Å². The molecule has 0 spiro atoms. The predicted octanol–water partition coefficient (Wildman–Crippen LogP) is 3.40. The average molecular weight is 304 g/mol. The summed E-state index contributed by atoms with van der Waals surface area (Å²) >= 11 is 0. The summed E-state index contributed by atoms with van der Waals surface area (Å²) in [6.45, 7) is 3.00. The monoisotopic (exact) mass is 304 g/mol. The molecule has 116 valence electrons. The molecule has 4 nitrogen and oxygen atoms in total. The lowest BCUT2D eigenvalue weighted by atomic mass is 10.0. The zero-order valence-corrected chi connectivity index (χ0v) is 13.1. The number of hydrogen-bond donors (Lipinski definition) is 0. The fourth-order valence-corrected chi connectivity index (χ4v) is 3.34. The molecule has 0 unspecified atom stereocenters. The van der Waals surface area contributed by atoms with Crippen LogP contribution in [-0.4, -0.2) is 27.9 Å². The van der Waals surface area contributed by atoms with Crippen molar-refractivity contribution in [2.45, 2.75) is 19.4 Å². The van der Waals surface area contributed by atoms with E-state index in [1.54, 1.807) is 0 Å². The van der Waals surface area contributed by atoms with Gasteiger partial charge in [0.1, 0.15) is 0 Å². The van der Waals surface area contributed by atoms with Crippen LogP contribution in [0.15, 0.2) is 61.1 Å². The second-order valence-corrected chi connectivity index (χ2v) is 5.89. The van der Waals surface area contributed by atoms with Gasteiger partial charge < -0.3 is 4.90 Å². The van der Waals surface area contributed by atoms with Crippen LogP contribution in [-0.2, 0) is 13.0 Å². The van der Waals surface area contributed by atoms with Crippen molar-refractivity contribution in [1.82, 2.24) is 14.8 Å². The van der Waals surface area contributed by atoms with Crippen LogP contribution in [0.5, 0.6) is 0 Å². The summed E-state index contributed by atoms with van der Waals surface area (Å²) in [6, 6.07) is 14.9. The second kappa shape index (κ2) is 6.24. The van der Waals surface area contributed by atoms with Crippen molar-refractivity contribution in [3.8, 4) is 11.3 Å². The third kappa shape index (κ3) is 2.84. The number of hydrogen-bond acceptors (Lipinski definition) is 3. The molecule has 0 radical (unpaired) electrons. The molecule has 0 atom stereocenters. The van der Waals surface area contributed by atoms with Crippen molar-refractivity contribution in [3.05, 3.63) is 66.6 Å². The lowest BCUT2D eigenvalue weighted by Gasteiger charge is -2.31. The quantitative estimate of drug-likeness (QED) is 0.741. The van der Waals surface area contributed by atoms with Crippen LogP contribution in [0.2, 0.25) is 0 Å². The minimum atomic E-state index is 0.888. The number of rotatable bonds is 4. The molecule has 3 heterocycles. The van der Waals surface area contributed by atoms with E-state index in [1.807, 2.05) is 30.7 Å². The summed E-state index contributed by atoms with van der Waals surface area (Å²) in [4.78, 5) is 6.57. The zero-order valence-electron chi connectivity index (χ0n) is 13.1. The Balaban J connectivity index is 1.52. The fourth-order valence-electron chi connectivity index (χ4n) is 3.34. The van der Waals surface area contributed by atoms with Gasteiger partial charge in [0.15, 0.2) is 0 Å². The van der Waals surface area contributed by atoms with E-state index in [2.05, 4.69) is 50.0 Å². The van der Waals surface area contributed by atoms with Crippen LogP contribution in [0.25, 0.3) is 11.3 Å². The van der Waals surface area contributed by atoms with Crippen molar-refractivity contribution in [1.29, 1.82) is 0 Å². The molecule has 0 saturated carbocycles. The molecule has 4 heteroatoms. The van der Waals surface area contributed by atoms with E-state index in [1.165, 1.54) is 24.1 Å². The summed E-state index contributed by atoms with van der Waals surface area (Å²) in [5.74, 6) is 0. The first kappa shape index (κ1) is 14.0. The predicted molar refractivity (Wildman–Crippen MR) is 92.4 cm³/mol. The lowest BCUT2D eigenvalue weighted by Crippen LogP contribution is -2.32. The lowest BCUT2D eigenvalue weighted by molar-refractivity contribution is 0.583. The van der Waals surface area contributed by atoms with Gasteiger partial charge >= 0.3 is 0 Å². The number of aromatic nitrogens is 3. The number of para-hydroxylation sites is 1. The molecule has 23 heavy (non-hydrogen) atoms. The maximum absolute atomic E-state index is 4.50. The van der Waals surface area contributed by atoms with Gasteiger partial charge in [-0.3, -0.25) is 9.67 Å². The highest BCUT2D eigenvalue weighted by molar-refractivity contribution is 5.58. The molecule has 0 amide bonds. The molecular weight excluding hydrogens is 284 g/mol. The van der Waals surface area contributed by atoms with E-state index in [-0.39, 0.29) is 0 Å². The van der Waals surface area contributed by atoms with E-state index in [0.717, 1.165) is 30.9 Å². The van der Waals surface area contributed by atoms with Gasteiger partial charge in [-0.25, -0.2) is 0 Å². The van der Waals surface area contributed by atoms with Gasteiger partial charge in [-0.15, -0.1) is 0 Å². The van der Waals surface area contributed by atoms with Gasteiger partial charge in [0.2, 0.25) is 0 Å². The number of benzene rings is 1. The number of aryl methyl sites for hydroxylation is 1. The van der Waals surface area contributed by atoms with E-state index in [4.69, 9.17) is 0 Å². The molecule has 1 aromatic carbocycles. The average Bonchev–Trinajstić information content (AvgIpc) is 3.09. The third-order valence-corrected chi connectivity index (χ3v) is 4.48. The molecule has 1 aliphatic heterocycles. The van der Waals surface area contributed by atoms with Crippen molar-refractivity contribution in [2.24, 2.45) is 0 Å². The Labute approximate surface area is 136 Å². The molecule has 2 aromatic heterocycles. The first-order valence-electron chi connectivity index (χ1n) is 8.17. The van der Waals surface area contributed by atoms with Crippen molar-refractivity contribution in [3.63, 3.8) is 0 Å². The third-order valence-electron chi connectivity index (χ3n) is 4.48. The van der Waals surface area contributed by atoms with Gasteiger partial charge in [0.25, 0.3) is 0 Å². The standard InChI is InChI=1S/C19H20N4/c1-2-6-18-16(4-1)5-3-13-22(18)14-15-23-19(9-12-21-23)17-7-10-20-11-8-17/h1-2,4,6-12H,3,5,13-15H2. The Kier molecular flexibility index (Phi) is 3.80. The molecule has 0 fully saturated rings. The van der Waals surface area contributed by atoms with Gasteiger partial charge in [-0.05, 0) is 42.7 Å². The zero-order chi connectivity index (χ0) is 15.5. The highest BCUT2D eigenvalue weighted by atomic mass is 15.3. The molecule has 0 N–H and O–H groups in total. The highest BCUT2D eigenvalue weighted by Crippen LogP contribution is 2.26. The van der Waals surface area contributed by atoms with Crippen molar-refractivity contribution in [2.75, 3.05) is 18.0 Å². The highest BCUT2D eigenvalue weighted by Gasteiger charge is 2.16. The SMILES string of the molecule is c1ccc2c(c1)CCCN2CCn1nccc1-c1ccncc1. The maximum Gasteiger partial charge on any atom is 0.0684 e. The Morgan fingerprint density at radius 3 is 2.70 bits per heavy atom. The molecule has 3 aromatic rings. The van der Waals surface area contributed by atoms with Crippen LogP contribution in [0.4, 0.5) is 5.69 Å². The van der Waals surface area contributed by atoms with Crippen LogP contribution < -0.4 is 4.90 Å². The first-order chi connectivity index (χ1) is 11.4. The molecule has 0 saturated heterocycles. The first-order valence-corrected chi connectivity index (χ1v) is 8.17. The molecule has 0 bridgehead atoms. The normalized spacial score (nSPS) is 13.8. The van der Waals surface area contributed by atoms with Crippen molar-refractivity contribution >= 4 is 5.69 Å². The summed E-state index contributed by atoms with van der Waals surface area (Å²) in [5.41, 5.74) is 5.17. The number of pyridine rings is 1. The topological polar surface area (TPSA) is 34.0 Å². The summed E-state index contributed by atoms with van der Waals surface area (Å²) in [6.07, 6.45) is 7.95. The summed E-state index contributed by atoms with van der Waals surface area (Å²) < 4.78 is 2.09. The van der Waals surface area contributed by atoms with Crippen LogP contribution in [0.3, 0.4) is 0 Å². The Morgan fingerprint density at radius 2 is 1.78 bits per heavy atom. The smallest absolute Gasteiger partial charge is 0.0684 e. The van der Waals surface area contributed by atoms with Crippen LogP contribution in [0.1, 0.15) is 12.0 Å². The molecule has 1 aliphatic rings. The van der Waals surface area contributed by atoms with E-state index in [0.29, 0.717) is 0 Å². The molecule has 4 rings (SSSR count). The Morgan fingerprint density at radius 1 is 0.913 bits per heavy atom. The number of fused-ring (bicyclic) bond motifs is 1. The van der Waals surface area contributed by atoms with Crippen LogP contribution in [0, 0.1) is 0 Å². The number of nitrogens with zero attached hydrogens (tertiary/aromatic N) is 4. The van der Waals surface area contributed by atoms with Crippen LogP contribution >= 0.6 is 0 Å². The Bertz CT molecular complexity index is 779. The van der Waals surface area contributed by atoms with Gasteiger partial charge in [0.05, 0.1) is 12.2 Å². The molecule has 0 aliphatic carbocycles. The Hall–Kier alpha value is -2.62.